The van der Waals surface area contributed by atoms with E-state index >= 15 is 0 Å². The van der Waals surface area contributed by atoms with Crippen molar-refractivity contribution in [3.05, 3.63) is 17.5 Å². The molecule has 2 rings (SSSR count). The first-order valence-corrected chi connectivity index (χ1v) is 4.54. The molecular weight excluding hydrogens is 212 g/mol. The number of nitrogens with zero attached hydrogens (tertiary/aromatic N) is 2. The van der Waals surface area contributed by atoms with Crippen LogP contribution in [0.25, 0.3) is 0 Å². The van der Waals surface area contributed by atoms with Crippen molar-refractivity contribution in [2.45, 2.75) is 24.8 Å². The van der Waals surface area contributed by atoms with Gasteiger partial charge in [0.15, 0.2) is 0 Å². The van der Waals surface area contributed by atoms with Crippen LogP contribution in [-0.4, -0.2) is 21.9 Å². The average Bonchev–Trinajstić information content (AvgIpc) is 2.05. The van der Waals surface area contributed by atoms with E-state index in [1.165, 1.54) is 12.5 Å². The lowest BCUT2D eigenvalue weighted by atomic mass is 9.88. The Bertz CT molecular complexity index is 337. The van der Waals surface area contributed by atoms with E-state index in [4.69, 9.17) is 11.6 Å². The van der Waals surface area contributed by atoms with Crippen LogP contribution >= 0.6 is 11.6 Å². The molecule has 6 heteroatoms. The maximum absolute atomic E-state index is 12.5. The summed E-state index contributed by atoms with van der Waals surface area (Å²) < 4.78 is 25.0. The molecule has 14 heavy (non-hydrogen) atoms. The fraction of sp³-hybridized carbons (Fsp3) is 0.500. The van der Waals surface area contributed by atoms with Crippen molar-refractivity contribution >= 4 is 17.4 Å². The van der Waals surface area contributed by atoms with Crippen LogP contribution in [-0.2, 0) is 0 Å². The van der Waals surface area contributed by atoms with E-state index in [0.29, 0.717) is 10.8 Å². The molecule has 0 aliphatic heterocycles. The van der Waals surface area contributed by atoms with Gasteiger partial charge >= 0.3 is 0 Å². The molecule has 0 bridgehead atoms. The van der Waals surface area contributed by atoms with Crippen molar-refractivity contribution in [3.63, 3.8) is 0 Å². The molecule has 76 valence electrons. The van der Waals surface area contributed by atoms with Gasteiger partial charge in [0.05, 0.1) is 6.20 Å². The summed E-state index contributed by atoms with van der Waals surface area (Å²) in [4.78, 5) is 7.54. The van der Waals surface area contributed by atoms with Gasteiger partial charge in [-0.3, -0.25) is 0 Å². The smallest absolute Gasteiger partial charge is 0.252 e. The number of nitrogens with one attached hydrogen (secondary N) is 1. The van der Waals surface area contributed by atoms with Crippen molar-refractivity contribution in [2.75, 3.05) is 5.32 Å². The van der Waals surface area contributed by atoms with Gasteiger partial charge in [0, 0.05) is 18.9 Å². The second-order valence-electron chi connectivity index (χ2n) is 3.32. The van der Waals surface area contributed by atoms with Crippen LogP contribution in [0, 0.1) is 0 Å². The third-order valence-electron chi connectivity index (χ3n) is 2.10. The highest BCUT2D eigenvalue weighted by molar-refractivity contribution is 6.32. The molecule has 0 saturated heterocycles. The molecule has 3 nitrogen and oxygen atoms in total. The number of hydrogen-bond donors (Lipinski definition) is 1. The van der Waals surface area contributed by atoms with E-state index in [1.807, 2.05) is 0 Å². The number of rotatable bonds is 2. The highest BCUT2D eigenvalue weighted by atomic mass is 35.5. The molecule has 1 aliphatic carbocycles. The Kier molecular flexibility index (Phi) is 2.26. The summed E-state index contributed by atoms with van der Waals surface area (Å²) in [6.45, 7) is 0. The molecule has 0 radical (unpaired) electrons. The monoisotopic (exact) mass is 219 g/mol. The van der Waals surface area contributed by atoms with Crippen LogP contribution in [0.4, 0.5) is 14.6 Å². The van der Waals surface area contributed by atoms with Gasteiger partial charge in [0.2, 0.25) is 0 Å². The summed E-state index contributed by atoms with van der Waals surface area (Å²) >= 11 is 5.75. The molecule has 0 aromatic carbocycles. The van der Waals surface area contributed by atoms with Gasteiger partial charge in [0.25, 0.3) is 5.92 Å². The van der Waals surface area contributed by atoms with Crippen molar-refractivity contribution in [3.8, 4) is 0 Å². The van der Waals surface area contributed by atoms with Crippen LogP contribution in [0.1, 0.15) is 12.8 Å². The topological polar surface area (TPSA) is 37.8 Å². The first-order valence-electron chi connectivity index (χ1n) is 4.17. The molecule has 1 aromatic heterocycles. The predicted octanol–water partition coefficient (Wildman–Crippen LogP) is 2.34. The molecule has 1 aromatic rings. The SMILES string of the molecule is FC1(F)CC(Nc2ncncc2Cl)C1. The number of hydrogen-bond acceptors (Lipinski definition) is 3. The maximum Gasteiger partial charge on any atom is 0.252 e. The van der Waals surface area contributed by atoms with Crippen molar-refractivity contribution < 1.29 is 8.78 Å². The minimum absolute atomic E-state index is 0.159. The highest BCUT2D eigenvalue weighted by Crippen LogP contribution is 2.39. The maximum atomic E-state index is 12.5. The second-order valence-corrected chi connectivity index (χ2v) is 3.73. The summed E-state index contributed by atoms with van der Waals surface area (Å²) in [6, 6.07) is -0.239. The molecule has 1 saturated carbocycles. The van der Waals surface area contributed by atoms with Gasteiger partial charge < -0.3 is 5.32 Å². The number of halogens is 3. The summed E-state index contributed by atoms with van der Waals surface area (Å²) in [5.41, 5.74) is 0. The van der Waals surface area contributed by atoms with Crippen molar-refractivity contribution in [2.24, 2.45) is 0 Å². The van der Waals surface area contributed by atoms with E-state index in [9.17, 15) is 8.78 Å². The Hall–Kier alpha value is -0.970. The fourth-order valence-electron chi connectivity index (χ4n) is 1.38. The molecule has 0 amide bonds. The zero-order valence-electron chi connectivity index (χ0n) is 7.17. The first kappa shape index (κ1) is 9.58. The normalized spacial score (nSPS) is 20.2. The van der Waals surface area contributed by atoms with Crippen LogP contribution < -0.4 is 5.32 Å². The van der Waals surface area contributed by atoms with E-state index in [-0.39, 0.29) is 18.9 Å². The van der Waals surface area contributed by atoms with Gasteiger partial charge in [-0.1, -0.05) is 11.6 Å². The van der Waals surface area contributed by atoms with Gasteiger partial charge in [-0.2, -0.15) is 0 Å². The minimum atomic E-state index is -2.53. The Labute approximate surface area is 84.5 Å². The van der Waals surface area contributed by atoms with Crippen molar-refractivity contribution in [1.82, 2.24) is 9.97 Å². The van der Waals surface area contributed by atoms with Gasteiger partial charge in [0.1, 0.15) is 17.2 Å². The molecule has 1 N–H and O–H groups in total. The van der Waals surface area contributed by atoms with E-state index < -0.39 is 5.92 Å². The molecule has 0 unspecified atom stereocenters. The predicted molar refractivity (Wildman–Crippen MR) is 48.6 cm³/mol. The number of anilines is 1. The van der Waals surface area contributed by atoms with Crippen LogP contribution in [0.3, 0.4) is 0 Å². The first-order chi connectivity index (χ1) is 6.57. The lowest BCUT2D eigenvalue weighted by Crippen LogP contribution is -2.44. The van der Waals surface area contributed by atoms with Gasteiger partial charge in [-0.05, 0) is 0 Å². The highest BCUT2D eigenvalue weighted by Gasteiger charge is 2.45. The zero-order valence-corrected chi connectivity index (χ0v) is 7.93. The molecule has 1 fully saturated rings. The summed E-state index contributed by atoms with van der Waals surface area (Å²) in [5.74, 6) is -2.11. The van der Waals surface area contributed by atoms with E-state index in [1.54, 1.807) is 0 Å². The lowest BCUT2D eigenvalue weighted by Gasteiger charge is -2.35. The molecule has 0 spiro atoms. The Morgan fingerprint density at radius 2 is 2.21 bits per heavy atom. The zero-order chi connectivity index (χ0) is 10.2. The summed E-state index contributed by atoms with van der Waals surface area (Å²) in [7, 11) is 0. The number of alkyl halides is 2. The number of aromatic nitrogens is 2. The molecule has 0 atom stereocenters. The summed E-state index contributed by atoms with van der Waals surface area (Å²) in [6.07, 6.45) is 2.43. The largest absolute Gasteiger partial charge is 0.366 e. The second kappa shape index (κ2) is 3.31. The molecule has 1 heterocycles. The minimum Gasteiger partial charge on any atom is -0.366 e. The van der Waals surface area contributed by atoms with Crippen LogP contribution in [0.2, 0.25) is 5.02 Å². The van der Waals surface area contributed by atoms with Crippen molar-refractivity contribution in [1.29, 1.82) is 0 Å². The molecule has 1 aliphatic rings. The summed E-state index contributed by atoms with van der Waals surface area (Å²) in [5, 5.41) is 3.19. The standard InChI is InChI=1S/C8H8ClF2N3/c9-6-3-12-4-13-7(6)14-5-1-8(10,11)2-5/h3-5H,1-2H2,(H,12,13,14). The fourth-order valence-corrected chi connectivity index (χ4v) is 1.54. The van der Waals surface area contributed by atoms with E-state index in [0.717, 1.165) is 0 Å². The van der Waals surface area contributed by atoms with E-state index in [2.05, 4.69) is 15.3 Å². The van der Waals surface area contributed by atoms with Crippen LogP contribution in [0.15, 0.2) is 12.5 Å². The Balaban J connectivity index is 1.97. The van der Waals surface area contributed by atoms with Gasteiger partial charge in [-0.25, -0.2) is 18.7 Å². The average molecular weight is 220 g/mol. The lowest BCUT2D eigenvalue weighted by molar-refractivity contribution is -0.0794. The quantitative estimate of drug-likeness (QED) is 0.830. The molecular formula is C8H8ClF2N3. The Morgan fingerprint density at radius 1 is 1.50 bits per heavy atom. The third kappa shape index (κ3) is 1.92. The van der Waals surface area contributed by atoms with Gasteiger partial charge in [-0.15, -0.1) is 0 Å². The Morgan fingerprint density at radius 3 is 2.79 bits per heavy atom. The van der Waals surface area contributed by atoms with Crippen LogP contribution in [0.5, 0.6) is 0 Å². The third-order valence-corrected chi connectivity index (χ3v) is 2.38.